The molecule has 0 aliphatic carbocycles. The van der Waals surface area contributed by atoms with E-state index in [9.17, 15) is 32.2 Å². The third kappa shape index (κ3) is 3.66. The smallest absolute Gasteiger partial charge is 0.364 e. The van der Waals surface area contributed by atoms with E-state index in [0.717, 1.165) is 6.92 Å². The number of hydrogen-bond donors (Lipinski definition) is 2. The van der Waals surface area contributed by atoms with Crippen LogP contribution in [0, 0.1) is 0 Å². The first-order valence-corrected chi connectivity index (χ1v) is 5.58. The maximum Gasteiger partial charge on any atom is 0.443 e. The van der Waals surface area contributed by atoms with E-state index in [4.69, 9.17) is 4.74 Å². The first-order valence-electron chi connectivity index (χ1n) is 5.58. The van der Waals surface area contributed by atoms with Gasteiger partial charge in [-0.3, -0.25) is 4.74 Å². The van der Waals surface area contributed by atoms with Crippen LogP contribution in [0.25, 0.3) is 0 Å². The molecule has 9 heteroatoms. The quantitative estimate of drug-likeness (QED) is 0.477. The fourth-order valence-corrected chi connectivity index (χ4v) is 1.94. The molecule has 0 aromatic rings. The SMILES string of the molecule is C=C(C)C(O)OC1(C)CC(F)(F)OC(O)(C(F)(F)F)C1. The van der Waals surface area contributed by atoms with Crippen molar-refractivity contribution in [2.45, 2.75) is 56.7 Å². The van der Waals surface area contributed by atoms with Crippen LogP contribution < -0.4 is 0 Å². The number of halogens is 5. The highest BCUT2D eigenvalue weighted by Crippen LogP contribution is 2.50. The molecule has 2 N–H and O–H groups in total. The van der Waals surface area contributed by atoms with Crippen LogP contribution in [0.5, 0.6) is 0 Å². The van der Waals surface area contributed by atoms with Crippen molar-refractivity contribution in [2.24, 2.45) is 0 Å². The summed E-state index contributed by atoms with van der Waals surface area (Å²) >= 11 is 0. The number of aliphatic hydroxyl groups is 2. The molecule has 0 aromatic heterocycles. The molecule has 1 aliphatic heterocycles. The Bertz CT molecular complexity index is 397. The zero-order valence-electron chi connectivity index (χ0n) is 10.8. The number of ether oxygens (including phenoxy) is 2. The summed E-state index contributed by atoms with van der Waals surface area (Å²) in [6.07, 6.45) is -14.0. The monoisotopic (exact) mass is 306 g/mol. The van der Waals surface area contributed by atoms with Gasteiger partial charge in [-0.15, -0.1) is 0 Å². The highest BCUT2D eigenvalue weighted by molar-refractivity contribution is 4.98. The molecule has 118 valence electrons. The van der Waals surface area contributed by atoms with Crippen LogP contribution in [0.1, 0.15) is 26.7 Å². The minimum atomic E-state index is -5.43. The lowest BCUT2D eigenvalue weighted by atomic mass is 9.88. The largest absolute Gasteiger partial charge is 0.443 e. The van der Waals surface area contributed by atoms with E-state index in [1.807, 2.05) is 0 Å². The maximum absolute atomic E-state index is 13.3. The van der Waals surface area contributed by atoms with Crippen molar-refractivity contribution in [3.05, 3.63) is 12.2 Å². The van der Waals surface area contributed by atoms with Crippen molar-refractivity contribution in [1.29, 1.82) is 0 Å². The van der Waals surface area contributed by atoms with Gasteiger partial charge in [0, 0.05) is 6.42 Å². The highest BCUT2D eigenvalue weighted by Gasteiger charge is 2.67. The van der Waals surface area contributed by atoms with E-state index in [0.29, 0.717) is 0 Å². The minimum Gasteiger partial charge on any atom is -0.364 e. The molecule has 1 aliphatic rings. The van der Waals surface area contributed by atoms with E-state index in [2.05, 4.69) is 11.3 Å². The first kappa shape index (κ1) is 17.3. The standard InChI is InChI=1S/C11H15F5O4/c1-6(2)7(17)19-8(3)4-9(18,11(14,15)16)20-10(12,13)5-8/h7,17-18H,1,4-5H2,2-3H3. The fraction of sp³-hybridized carbons (Fsp3) is 0.818. The van der Waals surface area contributed by atoms with Crippen LogP contribution in [0.3, 0.4) is 0 Å². The van der Waals surface area contributed by atoms with Crippen LogP contribution >= 0.6 is 0 Å². The van der Waals surface area contributed by atoms with Gasteiger partial charge >= 0.3 is 12.3 Å². The topological polar surface area (TPSA) is 58.9 Å². The Morgan fingerprint density at radius 2 is 1.85 bits per heavy atom. The molecule has 1 fully saturated rings. The van der Waals surface area contributed by atoms with Gasteiger partial charge in [-0.25, -0.2) is 0 Å². The van der Waals surface area contributed by atoms with Gasteiger partial charge in [-0.05, 0) is 19.4 Å². The van der Waals surface area contributed by atoms with Crippen molar-refractivity contribution >= 4 is 0 Å². The normalized spacial score (nSPS) is 35.6. The Balaban J connectivity index is 3.06. The number of alkyl halides is 5. The Morgan fingerprint density at radius 3 is 2.25 bits per heavy atom. The summed E-state index contributed by atoms with van der Waals surface area (Å²) in [7, 11) is 0. The zero-order valence-corrected chi connectivity index (χ0v) is 10.8. The highest BCUT2D eigenvalue weighted by atomic mass is 19.4. The van der Waals surface area contributed by atoms with E-state index in [1.165, 1.54) is 6.92 Å². The molecular formula is C11H15F5O4. The molecule has 1 heterocycles. The van der Waals surface area contributed by atoms with Gasteiger partial charge in [0.2, 0.25) is 0 Å². The summed E-state index contributed by atoms with van der Waals surface area (Å²) in [5, 5.41) is 18.7. The van der Waals surface area contributed by atoms with E-state index >= 15 is 0 Å². The molecule has 0 radical (unpaired) electrons. The first-order chi connectivity index (χ1) is 8.70. The van der Waals surface area contributed by atoms with Crippen LogP contribution in [0.2, 0.25) is 0 Å². The van der Waals surface area contributed by atoms with Gasteiger partial charge < -0.3 is 14.9 Å². The second-order valence-electron chi connectivity index (χ2n) is 5.14. The molecule has 1 saturated heterocycles. The van der Waals surface area contributed by atoms with Crippen molar-refractivity contribution < 1.29 is 41.6 Å². The lowest BCUT2D eigenvalue weighted by molar-refractivity contribution is -0.473. The summed E-state index contributed by atoms with van der Waals surface area (Å²) in [4.78, 5) is 0. The summed E-state index contributed by atoms with van der Waals surface area (Å²) in [5.41, 5.74) is -2.12. The van der Waals surface area contributed by atoms with Crippen molar-refractivity contribution in [1.82, 2.24) is 0 Å². The Kier molecular flexibility index (Phi) is 4.24. The lowest BCUT2D eigenvalue weighted by Crippen LogP contribution is -2.62. The number of rotatable bonds is 3. The van der Waals surface area contributed by atoms with E-state index in [1.54, 1.807) is 0 Å². The molecule has 0 spiro atoms. The fourth-order valence-electron chi connectivity index (χ4n) is 1.94. The van der Waals surface area contributed by atoms with Gasteiger partial charge in [-0.1, -0.05) is 6.58 Å². The van der Waals surface area contributed by atoms with Crippen LogP contribution in [-0.2, 0) is 9.47 Å². The minimum absolute atomic E-state index is 0.0246. The van der Waals surface area contributed by atoms with E-state index < -0.39 is 42.8 Å². The predicted molar refractivity (Wildman–Crippen MR) is 56.6 cm³/mol. The van der Waals surface area contributed by atoms with Gasteiger partial charge in [0.25, 0.3) is 5.79 Å². The number of aliphatic hydroxyl groups excluding tert-OH is 1. The molecule has 0 saturated carbocycles. The maximum atomic E-state index is 13.3. The van der Waals surface area contributed by atoms with Gasteiger partial charge in [0.1, 0.15) is 0 Å². The van der Waals surface area contributed by atoms with E-state index in [-0.39, 0.29) is 5.57 Å². The number of hydrogen-bond acceptors (Lipinski definition) is 4. The second kappa shape index (κ2) is 4.90. The summed E-state index contributed by atoms with van der Waals surface area (Å²) in [5.74, 6) is -4.06. The van der Waals surface area contributed by atoms with Gasteiger partial charge in [0.05, 0.1) is 12.0 Å². The molecule has 20 heavy (non-hydrogen) atoms. The molecule has 3 atom stereocenters. The predicted octanol–water partition coefficient (Wildman–Crippen LogP) is 2.31. The molecule has 3 unspecified atom stereocenters. The molecular weight excluding hydrogens is 291 g/mol. The second-order valence-corrected chi connectivity index (χ2v) is 5.14. The van der Waals surface area contributed by atoms with Crippen molar-refractivity contribution in [3.8, 4) is 0 Å². The van der Waals surface area contributed by atoms with Crippen LogP contribution in [0.4, 0.5) is 22.0 Å². The molecule has 4 nitrogen and oxygen atoms in total. The lowest BCUT2D eigenvalue weighted by Gasteiger charge is -2.46. The summed E-state index contributed by atoms with van der Waals surface area (Å²) in [6, 6.07) is 0. The van der Waals surface area contributed by atoms with Crippen molar-refractivity contribution in [3.63, 3.8) is 0 Å². The molecule has 1 rings (SSSR count). The summed E-state index contributed by atoms with van der Waals surface area (Å²) < 4.78 is 72.9. The van der Waals surface area contributed by atoms with Crippen LogP contribution in [-0.4, -0.2) is 40.2 Å². The molecule has 0 amide bonds. The Labute approximate surface area is 111 Å². The third-order valence-electron chi connectivity index (χ3n) is 2.77. The average Bonchev–Trinajstić information content (AvgIpc) is 2.09. The van der Waals surface area contributed by atoms with Gasteiger partial charge in [0.15, 0.2) is 6.29 Å². The van der Waals surface area contributed by atoms with Gasteiger partial charge in [-0.2, -0.15) is 22.0 Å². The Hall–Kier alpha value is -0.770. The molecule has 0 bridgehead atoms. The average molecular weight is 306 g/mol. The van der Waals surface area contributed by atoms with Crippen molar-refractivity contribution in [2.75, 3.05) is 0 Å². The third-order valence-corrected chi connectivity index (χ3v) is 2.77. The zero-order chi connectivity index (χ0) is 16.0. The molecule has 0 aromatic carbocycles. The summed E-state index contributed by atoms with van der Waals surface area (Å²) in [6.45, 7) is 5.52. The van der Waals surface area contributed by atoms with Crippen LogP contribution in [0.15, 0.2) is 12.2 Å². The Morgan fingerprint density at radius 1 is 1.35 bits per heavy atom.